The molecule has 1 fully saturated rings. The maximum absolute atomic E-state index is 13.2. The van der Waals surface area contributed by atoms with Gasteiger partial charge in [-0.2, -0.15) is 0 Å². The molecule has 1 aromatic heterocycles. The fourth-order valence-electron chi connectivity index (χ4n) is 3.79. The van der Waals surface area contributed by atoms with E-state index in [4.69, 9.17) is 5.11 Å². The van der Waals surface area contributed by atoms with Crippen LogP contribution in [0.1, 0.15) is 22.8 Å². The molecule has 4 rings (SSSR count). The molecule has 2 aromatic rings. The minimum absolute atomic E-state index is 0.0440. The topological polar surface area (TPSA) is 128 Å². The van der Waals surface area contributed by atoms with Crippen molar-refractivity contribution >= 4 is 40.9 Å². The largest absolute Gasteiger partial charge is 0.508 e. The molecule has 2 atom stereocenters. The molecule has 27 heavy (non-hydrogen) atoms. The van der Waals surface area contributed by atoms with Crippen molar-refractivity contribution in [1.82, 2.24) is 9.88 Å². The number of nitrogens with zero attached hydrogens (tertiary/aromatic N) is 1. The van der Waals surface area contributed by atoms with Gasteiger partial charge in [-0.15, -0.1) is 11.8 Å². The Morgan fingerprint density at radius 3 is 2.74 bits per heavy atom. The number of nitrogens with one attached hydrogen (secondary N) is 1. The Morgan fingerprint density at radius 1 is 1.30 bits per heavy atom. The number of aromatic hydroxyl groups is 1. The summed E-state index contributed by atoms with van der Waals surface area (Å²) in [6.07, 6.45) is -0.170. The van der Waals surface area contributed by atoms with Crippen LogP contribution in [-0.2, 0) is 14.4 Å². The Kier molecular flexibility index (Phi) is 4.11. The molecule has 8 nitrogen and oxygen atoms in total. The van der Waals surface area contributed by atoms with E-state index < -0.39 is 35.7 Å². The van der Waals surface area contributed by atoms with E-state index in [0.717, 1.165) is 16.2 Å². The number of benzene rings is 1. The monoisotopic (exact) mass is 406 g/mol. The zero-order chi connectivity index (χ0) is 19.3. The number of carbonyl (C=O) groups excluding carboxylic acids is 2. The third-order valence-electron chi connectivity index (χ3n) is 4.91. The van der Waals surface area contributed by atoms with Gasteiger partial charge in [-0.25, -0.2) is 0 Å². The van der Waals surface area contributed by atoms with E-state index >= 15 is 0 Å². The summed E-state index contributed by atoms with van der Waals surface area (Å²) < 4.78 is 0. The second-order valence-corrected chi connectivity index (χ2v) is 8.50. The number of thiazole rings is 1. The Balaban J connectivity index is 1.91. The molecule has 140 valence electrons. The van der Waals surface area contributed by atoms with Crippen LogP contribution in [-0.4, -0.2) is 50.2 Å². The second kappa shape index (κ2) is 6.24. The van der Waals surface area contributed by atoms with Gasteiger partial charge in [-0.1, -0.05) is 29.5 Å². The number of thioether (sulfide) groups is 1. The number of H-pyrrole nitrogens is 1. The number of aliphatic carboxylic acids is 1. The molecule has 0 saturated carbocycles. The number of aromatic nitrogens is 1. The van der Waals surface area contributed by atoms with Crippen molar-refractivity contribution in [1.29, 1.82) is 0 Å². The number of carboxylic acid groups (broad SMARTS) is 1. The lowest BCUT2D eigenvalue weighted by Crippen LogP contribution is -2.44. The first-order valence-corrected chi connectivity index (χ1v) is 9.84. The number of aromatic amines is 1. The van der Waals surface area contributed by atoms with Gasteiger partial charge in [-0.3, -0.25) is 24.1 Å². The average Bonchev–Trinajstić information content (AvgIpc) is 3.09. The van der Waals surface area contributed by atoms with Crippen LogP contribution in [0, 0.1) is 5.41 Å². The van der Waals surface area contributed by atoms with Crippen LogP contribution in [0.25, 0.3) is 0 Å². The van der Waals surface area contributed by atoms with Gasteiger partial charge >= 0.3 is 10.8 Å². The third-order valence-corrected chi connectivity index (χ3v) is 7.26. The number of hydrogen-bond donors (Lipinski definition) is 3. The van der Waals surface area contributed by atoms with Crippen LogP contribution in [0.5, 0.6) is 5.75 Å². The lowest BCUT2D eigenvalue weighted by Gasteiger charge is -2.38. The van der Waals surface area contributed by atoms with E-state index in [1.54, 1.807) is 18.2 Å². The molecule has 0 radical (unpaired) electrons. The van der Waals surface area contributed by atoms with Gasteiger partial charge in [0.15, 0.2) is 0 Å². The van der Waals surface area contributed by atoms with Crippen LogP contribution < -0.4 is 4.87 Å². The molecule has 0 bridgehead atoms. The number of phenolic OH excluding ortho intramolecular Hbond substituents is 1. The summed E-state index contributed by atoms with van der Waals surface area (Å²) >= 11 is 2.20. The minimum Gasteiger partial charge on any atom is -0.508 e. The van der Waals surface area contributed by atoms with Gasteiger partial charge < -0.3 is 15.2 Å². The van der Waals surface area contributed by atoms with E-state index in [-0.39, 0.29) is 22.8 Å². The molecule has 2 amide bonds. The highest BCUT2D eigenvalue weighted by Crippen LogP contribution is 2.57. The molecule has 1 spiro atoms. The molecular weight excluding hydrogens is 392 g/mol. The van der Waals surface area contributed by atoms with Gasteiger partial charge in [0.1, 0.15) is 12.3 Å². The number of rotatable bonds is 3. The standard InChI is InChI=1S/C17H14N2O6S2/c20-9-4-2-1-3-8(9)12-13-14(18-16(25)27-13)26-7-17(12)5-10(21)19(15(17)24)6-11(22)23/h1-4,12,20H,5-7H2,(H,18,25)(H,22,23)/t12-,17+/m0/s1. The number of phenols is 1. The van der Waals surface area contributed by atoms with E-state index in [9.17, 15) is 24.3 Å². The molecule has 0 unspecified atom stereocenters. The highest BCUT2D eigenvalue weighted by atomic mass is 32.2. The van der Waals surface area contributed by atoms with E-state index in [0.29, 0.717) is 15.5 Å². The van der Waals surface area contributed by atoms with E-state index in [1.165, 1.54) is 17.8 Å². The predicted octanol–water partition coefficient (Wildman–Crippen LogP) is 1.21. The van der Waals surface area contributed by atoms with Gasteiger partial charge in [0, 0.05) is 28.5 Å². The van der Waals surface area contributed by atoms with Gasteiger partial charge in [0.2, 0.25) is 11.8 Å². The maximum Gasteiger partial charge on any atom is 0.323 e. The smallest absolute Gasteiger partial charge is 0.323 e. The Labute approximate surface area is 160 Å². The number of carboxylic acids is 1. The fraction of sp³-hybridized carbons (Fsp3) is 0.294. The molecule has 2 aliphatic heterocycles. The first-order chi connectivity index (χ1) is 12.8. The maximum atomic E-state index is 13.2. The van der Waals surface area contributed by atoms with Crippen LogP contribution in [0.15, 0.2) is 34.1 Å². The molecule has 3 N–H and O–H groups in total. The summed E-state index contributed by atoms with van der Waals surface area (Å²) in [4.78, 5) is 52.5. The molecule has 2 aliphatic rings. The number of hydrogen-bond acceptors (Lipinski definition) is 7. The summed E-state index contributed by atoms with van der Waals surface area (Å²) in [6, 6.07) is 6.48. The third kappa shape index (κ3) is 2.67. The van der Waals surface area contributed by atoms with Crippen molar-refractivity contribution in [3.8, 4) is 5.75 Å². The van der Waals surface area contributed by atoms with Crippen molar-refractivity contribution in [3.63, 3.8) is 0 Å². The van der Waals surface area contributed by atoms with Crippen LogP contribution in [0.3, 0.4) is 0 Å². The van der Waals surface area contributed by atoms with Crippen molar-refractivity contribution < 1.29 is 24.6 Å². The summed E-state index contributed by atoms with van der Waals surface area (Å²) in [5.41, 5.74) is -0.804. The zero-order valence-corrected chi connectivity index (χ0v) is 15.4. The number of para-hydroxylation sites is 1. The van der Waals surface area contributed by atoms with Crippen molar-refractivity contribution in [2.45, 2.75) is 17.4 Å². The number of imide groups is 1. The van der Waals surface area contributed by atoms with Crippen LogP contribution >= 0.6 is 23.1 Å². The van der Waals surface area contributed by atoms with Gasteiger partial charge in [0.25, 0.3) is 0 Å². The normalized spacial score (nSPS) is 24.4. The second-order valence-electron chi connectivity index (χ2n) is 6.50. The van der Waals surface area contributed by atoms with Crippen molar-refractivity contribution in [2.24, 2.45) is 5.41 Å². The highest BCUT2D eigenvalue weighted by Gasteiger charge is 2.60. The van der Waals surface area contributed by atoms with Crippen LogP contribution in [0.4, 0.5) is 0 Å². The Morgan fingerprint density at radius 2 is 2.04 bits per heavy atom. The lowest BCUT2D eigenvalue weighted by molar-refractivity contribution is -0.150. The van der Waals surface area contributed by atoms with E-state index in [1.807, 2.05) is 0 Å². The summed E-state index contributed by atoms with van der Waals surface area (Å²) in [5, 5.41) is 20.1. The predicted molar refractivity (Wildman–Crippen MR) is 97.0 cm³/mol. The summed E-state index contributed by atoms with van der Waals surface area (Å²) in [7, 11) is 0. The van der Waals surface area contributed by atoms with Gasteiger partial charge in [0.05, 0.1) is 10.4 Å². The zero-order valence-electron chi connectivity index (χ0n) is 13.8. The van der Waals surface area contributed by atoms with Crippen molar-refractivity contribution in [3.05, 3.63) is 44.4 Å². The first kappa shape index (κ1) is 17.8. The first-order valence-electron chi connectivity index (χ1n) is 8.04. The summed E-state index contributed by atoms with van der Waals surface area (Å²) in [5.74, 6) is -2.97. The highest BCUT2D eigenvalue weighted by molar-refractivity contribution is 7.99. The molecule has 1 saturated heterocycles. The fourth-order valence-corrected chi connectivity index (χ4v) is 6.34. The minimum atomic E-state index is -1.27. The molecule has 3 heterocycles. The molecule has 10 heteroatoms. The van der Waals surface area contributed by atoms with E-state index in [2.05, 4.69) is 4.98 Å². The Hall–Kier alpha value is -2.59. The quantitative estimate of drug-likeness (QED) is 0.654. The van der Waals surface area contributed by atoms with Gasteiger partial charge in [-0.05, 0) is 6.07 Å². The van der Waals surface area contributed by atoms with Crippen LogP contribution in [0.2, 0.25) is 0 Å². The SMILES string of the molecule is O=C(O)CN1C(=O)C[C@]2(CSc3[nH]c(=O)sc3[C@@H]2c2ccccc2O)C1=O. The molecule has 0 aliphatic carbocycles. The molecular formula is C17H14N2O6S2. The summed E-state index contributed by atoms with van der Waals surface area (Å²) in [6.45, 7) is -0.701. The Bertz CT molecular complexity index is 1030. The number of amides is 2. The average molecular weight is 406 g/mol. The number of carbonyl (C=O) groups is 3. The number of likely N-dealkylation sites (tertiary alicyclic amines) is 1. The number of fused-ring (bicyclic) bond motifs is 1. The lowest BCUT2D eigenvalue weighted by atomic mass is 9.70. The van der Waals surface area contributed by atoms with Crippen molar-refractivity contribution in [2.75, 3.05) is 12.3 Å². The molecule has 1 aromatic carbocycles.